The van der Waals surface area contributed by atoms with Crippen LogP contribution in [0.3, 0.4) is 0 Å². The van der Waals surface area contributed by atoms with Crippen LogP contribution in [0.4, 0.5) is 5.69 Å². The van der Waals surface area contributed by atoms with Crippen molar-refractivity contribution >= 4 is 37.5 Å². The van der Waals surface area contributed by atoms with Gasteiger partial charge in [0, 0.05) is 21.2 Å². The van der Waals surface area contributed by atoms with Crippen molar-refractivity contribution in [2.45, 2.75) is 13.8 Å². The second-order valence-electron chi connectivity index (χ2n) is 4.66. The van der Waals surface area contributed by atoms with Gasteiger partial charge in [-0.1, -0.05) is 37.9 Å². The smallest absolute Gasteiger partial charge is 0.119 e. The minimum absolute atomic E-state index is 0.632. The third kappa shape index (κ3) is 4.25. The molecule has 2 rings (SSSR count). The van der Waals surface area contributed by atoms with Crippen LogP contribution in [0.1, 0.15) is 11.1 Å². The second kappa shape index (κ2) is 7.14. The highest BCUT2D eigenvalue weighted by atomic mass is 79.9. The molecule has 0 radical (unpaired) electrons. The summed E-state index contributed by atoms with van der Waals surface area (Å²) >= 11 is 7.01. The first kappa shape index (κ1) is 15.4. The number of benzene rings is 2. The summed E-state index contributed by atoms with van der Waals surface area (Å²) in [7, 11) is 0. The van der Waals surface area contributed by atoms with Gasteiger partial charge in [0.1, 0.15) is 12.4 Å². The van der Waals surface area contributed by atoms with Crippen LogP contribution in [0.5, 0.6) is 5.75 Å². The van der Waals surface area contributed by atoms with Crippen LogP contribution < -0.4 is 10.1 Å². The molecule has 0 amide bonds. The van der Waals surface area contributed by atoms with Crippen LogP contribution in [0.15, 0.2) is 45.3 Å². The molecule has 0 atom stereocenters. The van der Waals surface area contributed by atoms with E-state index in [1.54, 1.807) is 0 Å². The average Bonchev–Trinajstić information content (AvgIpc) is 2.41. The predicted molar refractivity (Wildman–Crippen MR) is 91.7 cm³/mol. The zero-order chi connectivity index (χ0) is 14.5. The largest absolute Gasteiger partial charge is 0.492 e. The van der Waals surface area contributed by atoms with Crippen LogP contribution in [0, 0.1) is 13.8 Å². The molecular weight excluding hydrogens is 382 g/mol. The third-order valence-electron chi connectivity index (χ3n) is 2.93. The zero-order valence-electron chi connectivity index (χ0n) is 11.5. The van der Waals surface area contributed by atoms with Crippen molar-refractivity contribution in [3.63, 3.8) is 0 Å². The maximum Gasteiger partial charge on any atom is 0.119 e. The molecule has 106 valence electrons. The van der Waals surface area contributed by atoms with Crippen molar-refractivity contribution < 1.29 is 4.74 Å². The highest BCUT2D eigenvalue weighted by molar-refractivity contribution is 9.10. The van der Waals surface area contributed by atoms with Crippen molar-refractivity contribution in [1.82, 2.24) is 0 Å². The normalized spacial score (nSPS) is 10.4. The summed E-state index contributed by atoms with van der Waals surface area (Å²) in [5.74, 6) is 0.916. The Labute approximate surface area is 136 Å². The fourth-order valence-corrected chi connectivity index (χ4v) is 2.58. The number of ether oxygens (including phenoxy) is 1. The fraction of sp³-hybridized carbons (Fsp3) is 0.250. The Morgan fingerprint density at radius 3 is 2.40 bits per heavy atom. The summed E-state index contributed by atoms with van der Waals surface area (Å²) in [6, 6.07) is 12.2. The summed E-state index contributed by atoms with van der Waals surface area (Å²) in [5, 5.41) is 3.33. The SMILES string of the molecule is Cc1cc(OCCNc2cccc(Br)c2)cc(C)c1Br. The van der Waals surface area contributed by atoms with Gasteiger partial charge in [-0.15, -0.1) is 0 Å². The lowest BCUT2D eigenvalue weighted by Gasteiger charge is -2.11. The van der Waals surface area contributed by atoms with Gasteiger partial charge in [-0.2, -0.15) is 0 Å². The van der Waals surface area contributed by atoms with Gasteiger partial charge in [0.15, 0.2) is 0 Å². The number of hydrogen-bond donors (Lipinski definition) is 1. The van der Waals surface area contributed by atoms with E-state index in [0.717, 1.165) is 26.9 Å². The van der Waals surface area contributed by atoms with Gasteiger partial charge >= 0.3 is 0 Å². The van der Waals surface area contributed by atoms with Gasteiger partial charge in [-0.05, 0) is 55.3 Å². The maximum atomic E-state index is 5.78. The number of nitrogens with one attached hydrogen (secondary N) is 1. The molecule has 0 bridgehead atoms. The van der Waals surface area contributed by atoms with Crippen LogP contribution >= 0.6 is 31.9 Å². The van der Waals surface area contributed by atoms with Crippen molar-refractivity contribution in [2.75, 3.05) is 18.5 Å². The van der Waals surface area contributed by atoms with Gasteiger partial charge in [0.25, 0.3) is 0 Å². The Balaban J connectivity index is 1.84. The molecule has 2 nitrogen and oxygen atoms in total. The molecule has 0 saturated heterocycles. The first-order valence-corrected chi connectivity index (χ1v) is 8.04. The lowest BCUT2D eigenvalue weighted by atomic mass is 10.1. The van der Waals surface area contributed by atoms with Gasteiger partial charge in [0.05, 0.1) is 0 Å². The van der Waals surface area contributed by atoms with E-state index in [1.807, 2.05) is 24.3 Å². The Bertz CT molecular complexity index is 576. The van der Waals surface area contributed by atoms with Crippen molar-refractivity contribution in [2.24, 2.45) is 0 Å². The molecule has 0 saturated carbocycles. The number of anilines is 1. The minimum atomic E-state index is 0.632. The minimum Gasteiger partial charge on any atom is -0.492 e. The molecular formula is C16H17Br2NO. The van der Waals surface area contributed by atoms with E-state index in [0.29, 0.717) is 6.61 Å². The Hall–Kier alpha value is -1.000. The topological polar surface area (TPSA) is 21.3 Å². The molecule has 0 aliphatic heterocycles. The van der Waals surface area contributed by atoms with E-state index in [4.69, 9.17) is 4.74 Å². The van der Waals surface area contributed by atoms with Crippen LogP contribution in [0.2, 0.25) is 0 Å². The second-order valence-corrected chi connectivity index (χ2v) is 6.37. The molecule has 0 aromatic heterocycles. The molecule has 2 aromatic rings. The maximum absolute atomic E-state index is 5.78. The van der Waals surface area contributed by atoms with E-state index < -0.39 is 0 Å². The molecule has 0 unspecified atom stereocenters. The highest BCUT2D eigenvalue weighted by Crippen LogP contribution is 2.26. The molecule has 4 heteroatoms. The van der Waals surface area contributed by atoms with Crippen molar-refractivity contribution in [3.8, 4) is 5.75 Å². The standard InChI is InChI=1S/C16H17Br2NO/c1-11-8-15(9-12(2)16(11)18)20-7-6-19-14-5-3-4-13(17)10-14/h3-5,8-10,19H,6-7H2,1-2H3. The Morgan fingerprint density at radius 2 is 1.75 bits per heavy atom. The molecule has 1 N–H and O–H groups in total. The van der Waals surface area contributed by atoms with E-state index in [1.165, 1.54) is 11.1 Å². The number of hydrogen-bond acceptors (Lipinski definition) is 2. The van der Waals surface area contributed by atoms with Gasteiger partial charge in [-0.25, -0.2) is 0 Å². The monoisotopic (exact) mass is 397 g/mol. The molecule has 0 aliphatic rings. The van der Waals surface area contributed by atoms with Crippen LogP contribution in [0.25, 0.3) is 0 Å². The first-order valence-electron chi connectivity index (χ1n) is 6.45. The molecule has 20 heavy (non-hydrogen) atoms. The highest BCUT2D eigenvalue weighted by Gasteiger charge is 2.03. The summed E-state index contributed by atoms with van der Waals surface area (Å²) in [4.78, 5) is 0. The summed E-state index contributed by atoms with van der Waals surface area (Å²) < 4.78 is 8.00. The van der Waals surface area contributed by atoms with Crippen molar-refractivity contribution in [1.29, 1.82) is 0 Å². The van der Waals surface area contributed by atoms with Crippen molar-refractivity contribution in [3.05, 3.63) is 56.5 Å². The predicted octanol–water partition coefficient (Wildman–Crippen LogP) is 5.32. The summed E-state index contributed by atoms with van der Waals surface area (Å²) in [5.41, 5.74) is 3.48. The van der Waals surface area contributed by atoms with Gasteiger partial charge in [-0.3, -0.25) is 0 Å². The van der Waals surface area contributed by atoms with Crippen LogP contribution in [-0.4, -0.2) is 13.2 Å². The molecule has 0 spiro atoms. The fourth-order valence-electron chi connectivity index (χ4n) is 1.95. The quantitative estimate of drug-likeness (QED) is 0.688. The lowest BCUT2D eigenvalue weighted by molar-refractivity contribution is 0.332. The molecule has 2 aromatic carbocycles. The number of aryl methyl sites for hydroxylation is 2. The van der Waals surface area contributed by atoms with Gasteiger partial charge in [0.2, 0.25) is 0 Å². The molecule has 0 fully saturated rings. The molecule has 0 aliphatic carbocycles. The number of rotatable bonds is 5. The van der Waals surface area contributed by atoms with E-state index in [2.05, 4.69) is 63.2 Å². The Kier molecular flexibility index (Phi) is 5.49. The summed E-state index contributed by atoms with van der Waals surface area (Å²) in [6.07, 6.45) is 0. The Morgan fingerprint density at radius 1 is 1.05 bits per heavy atom. The van der Waals surface area contributed by atoms with Gasteiger partial charge < -0.3 is 10.1 Å². The van der Waals surface area contributed by atoms with E-state index in [9.17, 15) is 0 Å². The molecule has 0 heterocycles. The lowest BCUT2D eigenvalue weighted by Crippen LogP contribution is -2.11. The zero-order valence-corrected chi connectivity index (χ0v) is 14.7. The van der Waals surface area contributed by atoms with E-state index >= 15 is 0 Å². The summed E-state index contributed by atoms with van der Waals surface area (Å²) in [6.45, 7) is 5.55. The number of halogens is 2. The van der Waals surface area contributed by atoms with E-state index in [-0.39, 0.29) is 0 Å². The average molecular weight is 399 g/mol. The third-order valence-corrected chi connectivity index (χ3v) is 4.68. The van der Waals surface area contributed by atoms with Crippen LogP contribution in [-0.2, 0) is 0 Å². The first-order chi connectivity index (χ1) is 9.56.